The fourth-order valence-electron chi connectivity index (χ4n) is 3.64. The van der Waals surface area contributed by atoms with Gasteiger partial charge in [0.1, 0.15) is 18.3 Å². The molecule has 8 nitrogen and oxygen atoms in total. The van der Waals surface area contributed by atoms with Crippen molar-refractivity contribution in [3.8, 4) is 5.75 Å². The van der Waals surface area contributed by atoms with Gasteiger partial charge in [0.25, 0.3) is 0 Å². The van der Waals surface area contributed by atoms with Crippen LogP contribution in [0.15, 0.2) is 42.5 Å². The summed E-state index contributed by atoms with van der Waals surface area (Å²) in [6.45, 7) is 5.18. The van der Waals surface area contributed by atoms with E-state index >= 15 is 0 Å². The fourth-order valence-corrected chi connectivity index (χ4v) is 4.54. The molecular weight excluding hydrogens is 442 g/mol. The highest BCUT2D eigenvalue weighted by Crippen LogP contribution is 2.25. The van der Waals surface area contributed by atoms with E-state index in [2.05, 4.69) is 5.32 Å². The lowest BCUT2D eigenvalue weighted by Crippen LogP contribution is -2.51. The lowest BCUT2D eigenvalue weighted by Gasteiger charge is -2.33. The van der Waals surface area contributed by atoms with Crippen molar-refractivity contribution in [2.24, 2.45) is 0 Å². The van der Waals surface area contributed by atoms with E-state index in [1.54, 1.807) is 38.3 Å². The Kier molecular flexibility index (Phi) is 8.87. The smallest absolute Gasteiger partial charge is 0.244 e. The molecule has 2 aromatic rings. The zero-order valence-corrected chi connectivity index (χ0v) is 20.9. The first-order chi connectivity index (χ1) is 15.5. The van der Waals surface area contributed by atoms with Crippen LogP contribution in [0.2, 0.25) is 0 Å². The SMILES string of the molecule is CC[C@H](C(=O)NC)N(Cc1cccc(OC)c1)C(=O)CN(c1cc(C)ccc1C)S(C)(=O)=O. The summed E-state index contributed by atoms with van der Waals surface area (Å²) in [6, 6.07) is 11.9. The maximum Gasteiger partial charge on any atom is 0.244 e. The lowest BCUT2D eigenvalue weighted by molar-refractivity contribution is -0.140. The van der Waals surface area contributed by atoms with Gasteiger partial charge in [-0.25, -0.2) is 8.42 Å². The van der Waals surface area contributed by atoms with E-state index in [0.29, 0.717) is 17.9 Å². The predicted octanol–water partition coefficient (Wildman–Crippen LogP) is 2.63. The molecule has 1 N–H and O–H groups in total. The Hall–Kier alpha value is -3.07. The van der Waals surface area contributed by atoms with E-state index < -0.39 is 28.5 Å². The highest BCUT2D eigenvalue weighted by Gasteiger charge is 2.31. The van der Waals surface area contributed by atoms with Gasteiger partial charge in [-0.05, 0) is 55.2 Å². The van der Waals surface area contributed by atoms with E-state index in [-0.39, 0.29) is 12.5 Å². The first-order valence-electron chi connectivity index (χ1n) is 10.7. The number of ether oxygens (including phenoxy) is 1. The zero-order valence-electron chi connectivity index (χ0n) is 20.1. The number of sulfonamides is 1. The van der Waals surface area contributed by atoms with Gasteiger partial charge in [-0.1, -0.05) is 31.2 Å². The number of methoxy groups -OCH3 is 1. The molecule has 0 fully saturated rings. The molecule has 0 spiro atoms. The van der Waals surface area contributed by atoms with E-state index in [1.165, 1.54) is 11.9 Å². The molecular formula is C24H33N3O5S. The number of nitrogens with one attached hydrogen (secondary N) is 1. The third kappa shape index (κ3) is 6.71. The molecule has 0 radical (unpaired) electrons. The van der Waals surface area contributed by atoms with Crippen LogP contribution in [0, 0.1) is 13.8 Å². The molecule has 0 heterocycles. The summed E-state index contributed by atoms with van der Waals surface area (Å²) in [5, 5.41) is 2.60. The van der Waals surface area contributed by atoms with Crippen LogP contribution in [0.25, 0.3) is 0 Å². The number of carbonyl (C=O) groups is 2. The second-order valence-electron chi connectivity index (χ2n) is 7.97. The van der Waals surface area contributed by atoms with E-state index in [4.69, 9.17) is 4.74 Å². The van der Waals surface area contributed by atoms with Crippen LogP contribution in [0.5, 0.6) is 5.75 Å². The second kappa shape index (κ2) is 11.2. The maximum atomic E-state index is 13.6. The van der Waals surface area contributed by atoms with Crippen LogP contribution < -0.4 is 14.4 Å². The molecule has 180 valence electrons. The van der Waals surface area contributed by atoms with Gasteiger partial charge < -0.3 is 15.0 Å². The average molecular weight is 476 g/mol. The molecule has 0 aliphatic heterocycles. The van der Waals surface area contributed by atoms with Crippen molar-refractivity contribution in [2.75, 3.05) is 31.3 Å². The monoisotopic (exact) mass is 475 g/mol. The van der Waals surface area contributed by atoms with Crippen molar-refractivity contribution >= 4 is 27.5 Å². The predicted molar refractivity (Wildman–Crippen MR) is 130 cm³/mol. The van der Waals surface area contributed by atoms with Crippen molar-refractivity contribution in [1.29, 1.82) is 0 Å². The third-order valence-corrected chi connectivity index (χ3v) is 6.56. The van der Waals surface area contributed by atoms with Crippen LogP contribution in [-0.2, 0) is 26.2 Å². The van der Waals surface area contributed by atoms with Gasteiger partial charge in [-0.15, -0.1) is 0 Å². The van der Waals surface area contributed by atoms with Crippen molar-refractivity contribution in [2.45, 2.75) is 39.8 Å². The first-order valence-corrected chi connectivity index (χ1v) is 12.6. The minimum atomic E-state index is -3.76. The number of benzene rings is 2. The number of hydrogen-bond donors (Lipinski definition) is 1. The number of hydrogen-bond acceptors (Lipinski definition) is 5. The number of anilines is 1. The number of rotatable bonds is 10. The normalized spacial score (nSPS) is 12.1. The molecule has 0 aliphatic rings. The standard InChI is InChI=1S/C24H33N3O5S/c1-7-21(24(29)25-4)26(15-19-9-8-10-20(14-19)32-5)23(28)16-27(33(6,30)31)22-13-17(2)11-12-18(22)3/h8-14,21H,7,15-16H2,1-6H3,(H,25,29)/t21-/m1/s1. The summed E-state index contributed by atoms with van der Waals surface area (Å²) in [5.41, 5.74) is 2.82. The molecule has 0 saturated carbocycles. The quantitative estimate of drug-likeness (QED) is 0.570. The Labute approximate surface area is 196 Å². The Morgan fingerprint density at radius 3 is 2.39 bits per heavy atom. The van der Waals surface area contributed by atoms with Crippen molar-refractivity contribution in [3.63, 3.8) is 0 Å². The van der Waals surface area contributed by atoms with Gasteiger partial charge in [0.2, 0.25) is 21.8 Å². The number of likely N-dealkylation sites (N-methyl/N-ethyl adjacent to an activating group) is 1. The van der Waals surface area contributed by atoms with Crippen LogP contribution in [0.4, 0.5) is 5.69 Å². The largest absolute Gasteiger partial charge is 0.497 e. The summed E-state index contributed by atoms with van der Waals surface area (Å²) in [4.78, 5) is 27.6. The summed E-state index contributed by atoms with van der Waals surface area (Å²) in [5.74, 6) is -0.160. The Morgan fingerprint density at radius 1 is 1.12 bits per heavy atom. The Balaban J connectivity index is 2.48. The van der Waals surface area contributed by atoms with E-state index in [0.717, 1.165) is 27.3 Å². The van der Waals surface area contributed by atoms with Gasteiger partial charge in [-0.2, -0.15) is 0 Å². The van der Waals surface area contributed by atoms with Crippen molar-refractivity contribution in [1.82, 2.24) is 10.2 Å². The first kappa shape index (κ1) is 26.2. The second-order valence-corrected chi connectivity index (χ2v) is 9.88. The van der Waals surface area contributed by atoms with Gasteiger partial charge in [0.05, 0.1) is 19.1 Å². The van der Waals surface area contributed by atoms with Gasteiger partial charge in [0, 0.05) is 13.6 Å². The summed E-state index contributed by atoms with van der Waals surface area (Å²) < 4.78 is 31.7. The average Bonchev–Trinajstić information content (AvgIpc) is 2.78. The van der Waals surface area contributed by atoms with Gasteiger partial charge >= 0.3 is 0 Å². The highest BCUT2D eigenvalue weighted by molar-refractivity contribution is 7.92. The van der Waals surface area contributed by atoms with E-state index in [9.17, 15) is 18.0 Å². The zero-order chi connectivity index (χ0) is 24.8. The third-order valence-electron chi connectivity index (χ3n) is 5.43. The molecule has 0 aromatic heterocycles. The summed E-state index contributed by atoms with van der Waals surface area (Å²) >= 11 is 0. The molecule has 1 atom stereocenters. The van der Waals surface area contributed by atoms with Crippen molar-refractivity contribution in [3.05, 3.63) is 59.2 Å². The molecule has 2 amide bonds. The Bertz CT molecular complexity index is 1100. The summed E-state index contributed by atoms with van der Waals surface area (Å²) in [7, 11) is -0.699. The molecule has 9 heteroatoms. The van der Waals surface area contributed by atoms with Crippen LogP contribution in [0.1, 0.15) is 30.0 Å². The minimum Gasteiger partial charge on any atom is -0.497 e. The Morgan fingerprint density at radius 2 is 1.82 bits per heavy atom. The van der Waals surface area contributed by atoms with Gasteiger partial charge in [-0.3, -0.25) is 13.9 Å². The molecule has 0 saturated heterocycles. The molecule has 2 aromatic carbocycles. The molecule has 0 aliphatic carbocycles. The fraction of sp³-hybridized carbons (Fsp3) is 0.417. The van der Waals surface area contributed by atoms with Crippen LogP contribution >= 0.6 is 0 Å². The topological polar surface area (TPSA) is 96.0 Å². The number of nitrogens with zero attached hydrogens (tertiary/aromatic N) is 2. The minimum absolute atomic E-state index is 0.131. The number of carbonyl (C=O) groups excluding carboxylic acids is 2. The summed E-state index contributed by atoms with van der Waals surface area (Å²) in [6.07, 6.45) is 1.45. The molecule has 33 heavy (non-hydrogen) atoms. The lowest BCUT2D eigenvalue weighted by atomic mass is 10.1. The molecule has 0 bridgehead atoms. The van der Waals surface area contributed by atoms with Crippen molar-refractivity contribution < 1.29 is 22.7 Å². The molecule has 2 rings (SSSR count). The van der Waals surface area contributed by atoms with Gasteiger partial charge in [0.15, 0.2) is 0 Å². The molecule has 0 unspecified atom stereocenters. The number of amides is 2. The van der Waals surface area contributed by atoms with E-state index in [1.807, 2.05) is 32.0 Å². The maximum absolute atomic E-state index is 13.6. The number of aryl methyl sites for hydroxylation is 2. The highest BCUT2D eigenvalue weighted by atomic mass is 32.2. The van der Waals surface area contributed by atoms with Crippen LogP contribution in [0.3, 0.4) is 0 Å². The van der Waals surface area contributed by atoms with Crippen LogP contribution in [-0.4, -0.2) is 58.1 Å².